The van der Waals surface area contributed by atoms with Crippen LogP contribution in [0, 0.1) is 0 Å². The maximum atomic E-state index is 11.3. The monoisotopic (exact) mass is 358 g/mol. The minimum atomic E-state index is -0.718. The Bertz CT molecular complexity index is 747. The Hall–Kier alpha value is -2.57. The Morgan fingerprint density at radius 3 is 2.50 bits per heavy atom. The molecule has 0 aromatic heterocycles. The normalized spacial score (nSPS) is 13.8. The van der Waals surface area contributed by atoms with Crippen LogP contribution in [0.4, 0.5) is 0 Å². The van der Waals surface area contributed by atoms with Crippen LogP contribution in [0.2, 0.25) is 0 Å². The van der Waals surface area contributed by atoms with Crippen LogP contribution < -0.4 is 15.8 Å². The zero-order valence-electron chi connectivity index (χ0n) is 15.3. The van der Waals surface area contributed by atoms with Gasteiger partial charge < -0.3 is 26.0 Å². The molecule has 26 heavy (non-hydrogen) atoms. The Morgan fingerprint density at radius 1 is 1.23 bits per heavy atom. The molecule has 2 atom stereocenters. The van der Waals surface area contributed by atoms with Crippen molar-refractivity contribution >= 4 is 5.91 Å². The van der Waals surface area contributed by atoms with Crippen LogP contribution in [0.1, 0.15) is 42.8 Å². The second kappa shape index (κ2) is 8.21. The quantitative estimate of drug-likeness (QED) is 0.580. The van der Waals surface area contributed by atoms with Gasteiger partial charge in [-0.05, 0) is 44.5 Å². The van der Waals surface area contributed by atoms with E-state index in [1.54, 1.807) is 6.07 Å². The lowest BCUT2D eigenvalue weighted by atomic mass is 9.99. The van der Waals surface area contributed by atoms with Crippen molar-refractivity contribution < 1.29 is 19.7 Å². The van der Waals surface area contributed by atoms with Crippen LogP contribution in [-0.2, 0) is 0 Å². The zero-order valence-corrected chi connectivity index (χ0v) is 15.3. The van der Waals surface area contributed by atoms with E-state index in [1.807, 2.05) is 51.1 Å². The summed E-state index contributed by atoms with van der Waals surface area (Å²) in [5.41, 5.74) is 5.64. The minimum Gasteiger partial charge on any atom is -0.507 e. The molecule has 5 N–H and O–H groups in total. The summed E-state index contributed by atoms with van der Waals surface area (Å²) in [6, 6.07) is 13.6. The second-order valence-corrected chi connectivity index (χ2v) is 7.00. The molecule has 0 saturated carbocycles. The predicted molar refractivity (Wildman–Crippen MR) is 100 cm³/mol. The average molecular weight is 358 g/mol. The fraction of sp³-hybridized carbons (Fsp3) is 0.350. The summed E-state index contributed by atoms with van der Waals surface area (Å²) in [6.07, 6.45) is -0.648. The van der Waals surface area contributed by atoms with Gasteiger partial charge in [0.25, 0.3) is 5.91 Å². The fourth-order valence-corrected chi connectivity index (χ4v) is 2.74. The van der Waals surface area contributed by atoms with Crippen LogP contribution in [0.15, 0.2) is 48.5 Å². The number of hydrogen-bond donors (Lipinski definition) is 4. The first kappa shape index (κ1) is 19.8. The van der Waals surface area contributed by atoms with Gasteiger partial charge >= 0.3 is 0 Å². The minimum absolute atomic E-state index is 0.0149. The van der Waals surface area contributed by atoms with Gasteiger partial charge in [0.05, 0.1) is 11.7 Å². The van der Waals surface area contributed by atoms with Crippen molar-refractivity contribution in [2.45, 2.75) is 38.5 Å². The lowest BCUT2D eigenvalue weighted by molar-refractivity contribution is 0.0994. The lowest BCUT2D eigenvalue weighted by Gasteiger charge is -2.32. The Kier molecular flexibility index (Phi) is 6.23. The molecule has 0 heterocycles. The van der Waals surface area contributed by atoms with Crippen molar-refractivity contribution in [3.8, 4) is 11.5 Å². The summed E-state index contributed by atoms with van der Waals surface area (Å²) in [5.74, 6) is -0.463. The number of primary amides is 1. The summed E-state index contributed by atoms with van der Waals surface area (Å²) < 4.78 is 5.74. The first-order valence-electron chi connectivity index (χ1n) is 8.46. The number of carbonyl (C=O) groups is 1. The van der Waals surface area contributed by atoms with Crippen LogP contribution in [0.25, 0.3) is 0 Å². The smallest absolute Gasteiger partial charge is 0.252 e. The van der Waals surface area contributed by atoms with Crippen LogP contribution in [-0.4, -0.2) is 34.3 Å². The Morgan fingerprint density at radius 2 is 1.88 bits per heavy atom. The molecule has 2 aromatic rings. The van der Waals surface area contributed by atoms with E-state index in [9.17, 15) is 15.0 Å². The van der Waals surface area contributed by atoms with Gasteiger partial charge in [-0.15, -0.1) is 0 Å². The molecular formula is C20H26N2O4. The molecule has 2 rings (SSSR count). The third-order valence-corrected chi connectivity index (χ3v) is 4.07. The van der Waals surface area contributed by atoms with Gasteiger partial charge in [0, 0.05) is 11.6 Å². The van der Waals surface area contributed by atoms with E-state index in [0.29, 0.717) is 12.4 Å². The summed E-state index contributed by atoms with van der Waals surface area (Å²) in [5, 5.41) is 23.5. The highest BCUT2D eigenvalue weighted by molar-refractivity contribution is 5.95. The van der Waals surface area contributed by atoms with Gasteiger partial charge in [-0.3, -0.25) is 4.79 Å². The van der Waals surface area contributed by atoms with Gasteiger partial charge in [-0.2, -0.15) is 0 Å². The van der Waals surface area contributed by atoms with Gasteiger partial charge in [-0.1, -0.05) is 30.3 Å². The molecule has 0 aliphatic carbocycles. The van der Waals surface area contributed by atoms with E-state index in [4.69, 9.17) is 10.5 Å². The van der Waals surface area contributed by atoms with Crippen molar-refractivity contribution in [3.05, 3.63) is 59.7 Å². The van der Waals surface area contributed by atoms with E-state index < -0.39 is 17.6 Å². The first-order chi connectivity index (χ1) is 12.2. The fourth-order valence-electron chi connectivity index (χ4n) is 2.74. The van der Waals surface area contributed by atoms with Crippen molar-refractivity contribution in [2.75, 3.05) is 6.61 Å². The predicted octanol–water partition coefficient (Wildman–Crippen LogP) is 2.36. The number of hydrogen-bond acceptors (Lipinski definition) is 5. The molecule has 6 nitrogen and oxygen atoms in total. The van der Waals surface area contributed by atoms with E-state index in [0.717, 1.165) is 5.56 Å². The van der Waals surface area contributed by atoms with Gasteiger partial charge in [-0.25, -0.2) is 0 Å². The maximum Gasteiger partial charge on any atom is 0.252 e. The molecule has 0 aliphatic rings. The average Bonchev–Trinajstić information content (AvgIpc) is 2.60. The topological polar surface area (TPSA) is 105 Å². The summed E-state index contributed by atoms with van der Waals surface area (Å²) in [7, 11) is 0. The van der Waals surface area contributed by atoms with Crippen LogP contribution in [0.5, 0.6) is 11.5 Å². The van der Waals surface area contributed by atoms with Gasteiger partial charge in [0.2, 0.25) is 0 Å². The number of nitrogens with one attached hydrogen (secondary N) is 1. The summed E-state index contributed by atoms with van der Waals surface area (Å²) in [6.45, 7) is 6.11. The molecule has 0 bridgehead atoms. The molecule has 1 amide bonds. The van der Waals surface area contributed by atoms with Crippen molar-refractivity contribution in [1.82, 2.24) is 5.32 Å². The SMILES string of the molecule is CC(NC(C)(C)COc1ccc(O)c(C(N)=O)c1)[C@H](O)c1ccccc1. The summed E-state index contributed by atoms with van der Waals surface area (Å²) in [4.78, 5) is 11.3. The molecule has 2 aromatic carbocycles. The van der Waals surface area contributed by atoms with Crippen LogP contribution >= 0.6 is 0 Å². The molecule has 0 fully saturated rings. The number of phenols is 1. The zero-order chi connectivity index (χ0) is 19.3. The largest absolute Gasteiger partial charge is 0.507 e. The van der Waals surface area contributed by atoms with E-state index in [2.05, 4.69) is 5.32 Å². The molecule has 6 heteroatoms. The van der Waals surface area contributed by atoms with E-state index in [-0.39, 0.29) is 17.4 Å². The third kappa shape index (κ3) is 5.21. The highest BCUT2D eigenvalue weighted by Crippen LogP contribution is 2.24. The molecule has 1 unspecified atom stereocenters. The second-order valence-electron chi connectivity index (χ2n) is 7.00. The molecule has 0 radical (unpaired) electrons. The van der Waals surface area contributed by atoms with Crippen molar-refractivity contribution in [1.29, 1.82) is 0 Å². The molecular weight excluding hydrogens is 332 g/mol. The lowest BCUT2D eigenvalue weighted by Crippen LogP contribution is -2.50. The standard InChI is InChI=1S/C20H26N2O4/c1-13(18(24)14-7-5-4-6-8-14)22-20(2,3)12-26-15-9-10-17(23)16(11-15)19(21)25/h4-11,13,18,22-24H,12H2,1-3H3,(H2,21,25)/t13?,18-/m0/s1. The Balaban J connectivity index is 1.98. The van der Waals surface area contributed by atoms with Crippen LogP contribution in [0.3, 0.4) is 0 Å². The highest BCUT2D eigenvalue weighted by Gasteiger charge is 2.25. The molecule has 0 spiro atoms. The number of amides is 1. The Labute approximate surface area is 153 Å². The molecule has 0 aliphatic heterocycles. The number of aliphatic hydroxyl groups excluding tert-OH is 1. The van der Waals surface area contributed by atoms with Gasteiger partial charge in [0.15, 0.2) is 0 Å². The number of benzene rings is 2. The van der Waals surface area contributed by atoms with Gasteiger partial charge in [0.1, 0.15) is 18.1 Å². The van der Waals surface area contributed by atoms with Crippen molar-refractivity contribution in [3.63, 3.8) is 0 Å². The molecule has 140 valence electrons. The number of rotatable bonds is 8. The third-order valence-electron chi connectivity index (χ3n) is 4.07. The first-order valence-corrected chi connectivity index (χ1v) is 8.46. The number of aromatic hydroxyl groups is 1. The van der Waals surface area contributed by atoms with Crippen molar-refractivity contribution in [2.24, 2.45) is 5.73 Å². The number of ether oxygens (including phenoxy) is 1. The summed E-state index contributed by atoms with van der Waals surface area (Å²) >= 11 is 0. The van der Waals surface area contributed by atoms with E-state index >= 15 is 0 Å². The number of carbonyl (C=O) groups excluding carboxylic acids is 1. The number of aliphatic hydroxyl groups is 1. The molecule has 0 saturated heterocycles. The maximum absolute atomic E-state index is 11.3. The number of nitrogens with two attached hydrogens (primary N) is 1. The van der Waals surface area contributed by atoms with E-state index in [1.165, 1.54) is 12.1 Å². The highest BCUT2D eigenvalue weighted by atomic mass is 16.5.